The van der Waals surface area contributed by atoms with Gasteiger partial charge in [0.05, 0.1) is 6.61 Å². The maximum Gasteiger partial charge on any atom is 0.306 e. The highest BCUT2D eigenvalue weighted by atomic mass is 16.6. The van der Waals surface area contributed by atoms with Crippen LogP contribution in [-0.4, -0.2) is 37.9 Å². The summed E-state index contributed by atoms with van der Waals surface area (Å²) in [5, 5.41) is 0. The number of hydrogen-bond acceptors (Lipinski definition) is 5. The van der Waals surface area contributed by atoms with Crippen molar-refractivity contribution in [2.24, 2.45) is 0 Å². The van der Waals surface area contributed by atoms with Gasteiger partial charge in [-0.05, 0) is 70.6 Å². The molecule has 1 unspecified atom stereocenters. The summed E-state index contributed by atoms with van der Waals surface area (Å²) in [4.78, 5) is 25.2. The molecule has 5 heteroatoms. The van der Waals surface area contributed by atoms with Crippen LogP contribution in [0.5, 0.6) is 0 Å². The van der Waals surface area contributed by atoms with Crippen molar-refractivity contribution in [1.29, 1.82) is 0 Å². The number of esters is 2. The van der Waals surface area contributed by atoms with Crippen molar-refractivity contribution in [3.63, 3.8) is 0 Å². The van der Waals surface area contributed by atoms with Crippen LogP contribution in [0.4, 0.5) is 0 Å². The van der Waals surface area contributed by atoms with E-state index in [4.69, 9.17) is 14.2 Å². The van der Waals surface area contributed by atoms with Gasteiger partial charge in [0.15, 0.2) is 6.10 Å². The number of hydrogen-bond donors (Lipinski definition) is 0. The first-order valence-electron chi connectivity index (χ1n) is 23.2. The number of ether oxygens (including phenoxy) is 3. The number of carbonyl (C=O) groups is 2. The number of unbranched alkanes of at least 4 members (excludes halogenated alkanes) is 23. The quantitative estimate of drug-likeness (QED) is 0.0353. The molecule has 0 aliphatic carbocycles. The highest BCUT2D eigenvalue weighted by Crippen LogP contribution is 2.14. The highest BCUT2D eigenvalue weighted by molar-refractivity contribution is 5.70. The van der Waals surface area contributed by atoms with Crippen LogP contribution >= 0.6 is 0 Å². The molecule has 5 nitrogen and oxygen atoms in total. The molecular weight excluding hydrogens is 669 g/mol. The largest absolute Gasteiger partial charge is 0.462 e. The summed E-state index contributed by atoms with van der Waals surface area (Å²) in [6.07, 6.45) is 53.9. The first kappa shape index (κ1) is 51.9. The third kappa shape index (κ3) is 42.6. The van der Waals surface area contributed by atoms with E-state index in [1.807, 2.05) is 0 Å². The van der Waals surface area contributed by atoms with E-state index in [-0.39, 0.29) is 25.2 Å². The van der Waals surface area contributed by atoms with Gasteiger partial charge in [-0.2, -0.15) is 0 Å². The van der Waals surface area contributed by atoms with Crippen LogP contribution in [0.3, 0.4) is 0 Å². The third-order valence-corrected chi connectivity index (χ3v) is 9.80. The van der Waals surface area contributed by atoms with Gasteiger partial charge < -0.3 is 14.2 Å². The maximum atomic E-state index is 12.7. The van der Waals surface area contributed by atoms with Gasteiger partial charge in [-0.25, -0.2) is 0 Å². The summed E-state index contributed by atoms with van der Waals surface area (Å²) in [6, 6.07) is 0. The molecule has 0 rings (SSSR count). The number of carbonyl (C=O) groups excluding carboxylic acids is 2. The zero-order valence-corrected chi connectivity index (χ0v) is 36.0. The van der Waals surface area contributed by atoms with Crippen LogP contribution in [-0.2, 0) is 23.8 Å². The van der Waals surface area contributed by atoms with Gasteiger partial charge in [0, 0.05) is 19.4 Å². The van der Waals surface area contributed by atoms with Crippen LogP contribution in [0, 0.1) is 0 Å². The average Bonchev–Trinajstić information content (AvgIpc) is 3.17. The Bertz CT molecular complexity index is 904. The van der Waals surface area contributed by atoms with Crippen LogP contribution in [0.1, 0.15) is 226 Å². The Morgan fingerprint density at radius 3 is 1.30 bits per heavy atom. The Hall–Kier alpha value is -2.14. The molecule has 0 saturated heterocycles. The highest BCUT2D eigenvalue weighted by Gasteiger charge is 2.17. The summed E-state index contributed by atoms with van der Waals surface area (Å²) in [5.41, 5.74) is 0. The van der Waals surface area contributed by atoms with Gasteiger partial charge >= 0.3 is 11.9 Å². The predicted octanol–water partition coefficient (Wildman–Crippen LogP) is 15.2. The summed E-state index contributed by atoms with van der Waals surface area (Å²) < 4.78 is 17.3. The molecular formula is C49H88O5. The van der Waals surface area contributed by atoms with Crippen molar-refractivity contribution in [3.05, 3.63) is 48.6 Å². The van der Waals surface area contributed by atoms with E-state index in [1.165, 1.54) is 116 Å². The molecule has 1 atom stereocenters. The van der Waals surface area contributed by atoms with E-state index >= 15 is 0 Å². The van der Waals surface area contributed by atoms with Gasteiger partial charge in [-0.1, -0.05) is 191 Å². The minimum atomic E-state index is -0.544. The molecule has 0 bridgehead atoms. The summed E-state index contributed by atoms with van der Waals surface area (Å²) in [5.74, 6) is -0.425. The second kappa shape index (κ2) is 45.3. The lowest BCUT2D eigenvalue weighted by atomic mass is 10.1. The van der Waals surface area contributed by atoms with Crippen molar-refractivity contribution >= 4 is 11.9 Å². The Balaban J connectivity index is 4.29. The lowest BCUT2D eigenvalue weighted by molar-refractivity contribution is -0.163. The average molecular weight is 757 g/mol. The predicted molar refractivity (Wildman–Crippen MR) is 233 cm³/mol. The van der Waals surface area contributed by atoms with E-state index in [0.29, 0.717) is 19.4 Å². The van der Waals surface area contributed by atoms with Gasteiger partial charge in [0.2, 0.25) is 0 Å². The molecule has 0 radical (unpaired) electrons. The standard InChI is InChI=1S/C49H88O5/c1-4-7-10-13-16-19-22-25-27-30-33-36-39-42-48(50)53-46-47(45-52-44-41-38-35-32-29-24-21-18-15-12-9-6-3)54-49(51)43-40-37-34-31-28-26-23-20-17-14-11-8-5-2/h10-11,13-14,19-20,22-23,47H,4-9,12,15-18,21,24-46H2,1-3H3/b13-10-,14-11-,22-19-,23-20-. The Labute approximate surface area is 335 Å². The van der Waals surface area contributed by atoms with E-state index in [9.17, 15) is 9.59 Å². The Morgan fingerprint density at radius 2 is 0.815 bits per heavy atom. The first-order valence-corrected chi connectivity index (χ1v) is 23.2. The van der Waals surface area contributed by atoms with Crippen molar-refractivity contribution < 1.29 is 23.8 Å². The van der Waals surface area contributed by atoms with Crippen LogP contribution in [0.25, 0.3) is 0 Å². The smallest absolute Gasteiger partial charge is 0.306 e. The number of rotatable bonds is 42. The van der Waals surface area contributed by atoms with Crippen LogP contribution in [0.15, 0.2) is 48.6 Å². The van der Waals surface area contributed by atoms with Gasteiger partial charge in [-0.3, -0.25) is 9.59 Å². The summed E-state index contributed by atoms with van der Waals surface area (Å²) >= 11 is 0. The first-order chi connectivity index (χ1) is 26.6. The normalized spacial score (nSPS) is 12.6. The lowest BCUT2D eigenvalue weighted by Gasteiger charge is -2.18. The fraction of sp³-hybridized carbons (Fsp3) is 0.796. The van der Waals surface area contributed by atoms with Crippen molar-refractivity contribution in [2.75, 3.05) is 19.8 Å². The lowest BCUT2D eigenvalue weighted by Crippen LogP contribution is -2.30. The Morgan fingerprint density at radius 1 is 0.407 bits per heavy atom. The van der Waals surface area contributed by atoms with Gasteiger partial charge in [0.1, 0.15) is 6.61 Å². The molecule has 0 heterocycles. The van der Waals surface area contributed by atoms with Gasteiger partial charge in [-0.15, -0.1) is 0 Å². The molecule has 314 valence electrons. The molecule has 0 aromatic rings. The molecule has 0 aliphatic heterocycles. The molecule has 0 N–H and O–H groups in total. The third-order valence-electron chi connectivity index (χ3n) is 9.80. The van der Waals surface area contributed by atoms with Crippen molar-refractivity contribution in [2.45, 2.75) is 232 Å². The van der Waals surface area contributed by atoms with Crippen LogP contribution in [0.2, 0.25) is 0 Å². The molecule has 0 saturated carbocycles. The molecule has 0 aromatic carbocycles. The summed E-state index contributed by atoms with van der Waals surface area (Å²) in [7, 11) is 0. The van der Waals surface area contributed by atoms with Crippen molar-refractivity contribution in [1.82, 2.24) is 0 Å². The topological polar surface area (TPSA) is 61.8 Å². The molecule has 0 spiro atoms. The second-order valence-corrected chi connectivity index (χ2v) is 15.3. The fourth-order valence-electron chi connectivity index (χ4n) is 6.35. The van der Waals surface area contributed by atoms with E-state index in [0.717, 1.165) is 77.0 Å². The zero-order chi connectivity index (χ0) is 39.3. The fourth-order valence-corrected chi connectivity index (χ4v) is 6.35. The monoisotopic (exact) mass is 757 g/mol. The molecule has 0 fully saturated rings. The SMILES string of the molecule is CCC/C=C\C/C=C\CCCCCCCC(=O)OCC(COCCCCCCCCCCCCCC)OC(=O)CCCCCCC/C=C\C/C=C\CCC. The number of allylic oxidation sites excluding steroid dienone is 8. The molecule has 0 aliphatic rings. The minimum absolute atomic E-state index is 0.0743. The van der Waals surface area contributed by atoms with Crippen LogP contribution < -0.4 is 0 Å². The second-order valence-electron chi connectivity index (χ2n) is 15.3. The molecule has 54 heavy (non-hydrogen) atoms. The zero-order valence-electron chi connectivity index (χ0n) is 36.0. The van der Waals surface area contributed by atoms with E-state index in [1.54, 1.807) is 0 Å². The van der Waals surface area contributed by atoms with Crippen molar-refractivity contribution in [3.8, 4) is 0 Å². The Kier molecular flexibility index (Phi) is 43.5. The maximum absolute atomic E-state index is 12.7. The summed E-state index contributed by atoms with van der Waals surface area (Å²) in [6.45, 7) is 7.68. The van der Waals surface area contributed by atoms with E-state index < -0.39 is 6.10 Å². The molecule has 0 amide bonds. The van der Waals surface area contributed by atoms with E-state index in [2.05, 4.69) is 69.4 Å². The van der Waals surface area contributed by atoms with Gasteiger partial charge in [0.25, 0.3) is 0 Å². The molecule has 0 aromatic heterocycles. The minimum Gasteiger partial charge on any atom is -0.462 e.